The van der Waals surface area contributed by atoms with E-state index >= 15 is 0 Å². The summed E-state index contributed by atoms with van der Waals surface area (Å²) < 4.78 is 0. The zero-order valence-corrected chi connectivity index (χ0v) is 8.96. The maximum Gasteiger partial charge on any atom is 0.320 e. The summed E-state index contributed by atoms with van der Waals surface area (Å²) in [5, 5.41) is 12.0. The predicted molar refractivity (Wildman–Crippen MR) is 56.3 cm³/mol. The van der Waals surface area contributed by atoms with Crippen molar-refractivity contribution >= 4 is 5.97 Å². The maximum absolute atomic E-state index is 10.9. The number of carboxylic acids is 1. The van der Waals surface area contributed by atoms with Crippen LogP contribution in [0.25, 0.3) is 0 Å². The molecule has 0 saturated heterocycles. The zero-order chi connectivity index (χ0) is 10.4. The summed E-state index contributed by atoms with van der Waals surface area (Å²) in [6, 6.07) is -0.330. The van der Waals surface area contributed by atoms with Crippen LogP contribution in [0.15, 0.2) is 0 Å². The molecule has 0 amide bonds. The number of hydrogen-bond donors (Lipinski definition) is 2. The average molecular weight is 199 g/mol. The second-order valence-electron chi connectivity index (χ2n) is 4.19. The zero-order valence-electron chi connectivity index (χ0n) is 8.96. The van der Waals surface area contributed by atoms with Gasteiger partial charge < -0.3 is 10.4 Å². The standard InChI is InChI=1S/C11H21NO2/c1-2-12-10(11(13)14)8-9-6-4-3-5-7-9/h9-10,12H,2-8H2,1H3,(H,13,14)/t10-/m1/s1. The minimum atomic E-state index is -0.697. The van der Waals surface area contributed by atoms with Crippen LogP contribution >= 0.6 is 0 Å². The Morgan fingerprint density at radius 2 is 2.07 bits per heavy atom. The molecule has 14 heavy (non-hydrogen) atoms. The molecule has 0 unspecified atom stereocenters. The fraction of sp³-hybridized carbons (Fsp3) is 0.909. The smallest absolute Gasteiger partial charge is 0.320 e. The lowest BCUT2D eigenvalue weighted by Crippen LogP contribution is -2.38. The van der Waals surface area contributed by atoms with Crippen molar-refractivity contribution in [2.45, 2.75) is 51.5 Å². The van der Waals surface area contributed by atoms with Crippen molar-refractivity contribution in [1.29, 1.82) is 0 Å². The predicted octanol–water partition coefficient (Wildman–Crippen LogP) is 2.02. The highest BCUT2D eigenvalue weighted by atomic mass is 16.4. The molecule has 1 fully saturated rings. The van der Waals surface area contributed by atoms with E-state index in [9.17, 15) is 4.79 Å². The summed E-state index contributed by atoms with van der Waals surface area (Å²) >= 11 is 0. The van der Waals surface area contributed by atoms with Crippen LogP contribution in [0.1, 0.15) is 45.4 Å². The number of nitrogens with one attached hydrogen (secondary N) is 1. The Balaban J connectivity index is 2.33. The normalized spacial score (nSPS) is 20.6. The Bertz CT molecular complexity index is 176. The van der Waals surface area contributed by atoms with Gasteiger partial charge in [0.2, 0.25) is 0 Å². The molecule has 2 N–H and O–H groups in total. The van der Waals surface area contributed by atoms with Gasteiger partial charge in [0, 0.05) is 0 Å². The molecule has 3 nitrogen and oxygen atoms in total. The van der Waals surface area contributed by atoms with Crippen molar-refractivity contribution in [2.75, 3.05) is 6.54 Å². The molecule has 82 valence electrons. The molecule has 0 aliphatic heterocycles. The average Bonchev–Trinajstić information content (AvgIpc) is 2.18. The molecular formula is C11H21NO2. The van der Waals surface area contributed by atoms with E-state index in [1.165, 1.54) is 32.1 Å². The Hall–Kier alpha value is -0.570. The van der Waals surface area contributed by atoms with Crippen molar-refractivity contribution in [3.8, 4) is 0 Å². The molecule has 0 heterocycles. The molecule has 0 aromatic rings. The minimum absolute atomic E-state index is 0.330. The van der Waals surface area contributed by atoms with Gasteiger partial charge in [0.05, 0.1) is 0 Å². The van der Waals surface area contributed by atoms with Gasteiger partial charge in [-0.15, -0.1) is 0 Å². The lowest BCUT2D eigenvalue weighted by atomic mass is 9.85. The number of carbonyl (C=O) groups is 1. The van der Waals surface area contributed by atoms with Crippen molar-refractivity contribution in [2.24, 2.45) is 5.92 Å². The first-order chi connectivity index (χ1) is 6.74. The SMILES string of the molecule is CCN[C@H](CC1CCCCC1)C(=O)O. The van der Waals surface area contributed by atoms with Gasteiger partial charge in [-0.25, -0.2) is 0 Å². The Morgan fingerprint density at radius 3 is 2.57 bits per heavy atom. The van der Waals surface area contributed by atoms with E-state index in [-0.39, 0.29) is 6.04 Å². The van der Waals surface area contributed by atoms with Gasteiger partial charge in [0.25, 0.3) is 0 Å². The molecule has 3 heteroatoms. The van der Waals surface area contributed by atoms with Gasteiger partial charge in [-0.2, -0.15) is 0 Å². The molecular weight excluding hydrogens is 178 g/mol. The molecule has 1 aliphatic rings. The summed E-state index contributed by atoms with van der Waals surface area (Å²) in [7, 11) is 0. The van der Waals surface area contributed by atoms with Crippen LogP contribution in [0, 0.1) is 5.92 Å². The van der Waals surface area contributed by atoms with Crippen LogP contribution in [0.2, 0.25) is 0 Å². The van der Waals surface area contributed by atoms with E-state index in [4.69, 9.17) is 5.11 Å². The maximum atomic E-state index is 10.9. The van der Waals surface area contributed by atoms with Crippen LogP contribution < -0.4 is 5.32 Å². The Labute approximate surface area is 85.9 Å². The van der Waals surface area contributed by atoms with E-state index < -0.39 is 5.97 Å². The van der Waals surface area contributed by atoms with E-state index in [2.05, 4.69) is 5.32 Å². The third-order valence-corrected chi connectivity index (χ3v) is 3.04. The summed E-state index contributed by atoms with van der Waals surface area (Å²) in [5.41, 5.74) is 0. The molecule has 0 aromatic carbocycles. The van der Waals surface area contributed by atoms with E-state index in [0.717, 1.165) is 13.0 Å². The first-order valence-electron chi connectivity index (χ1n) is 5.70. The summed E-state index contributed by atoms with van der Waals surface area (Å²) in [4.78, 5) is 10.9. The molecule has 1 aliphatic carbocycles. The monoisotopic (exact) mass is 199 g/mol. The number of hydrogen-bond acceptors (Lipinski definition) is 2. The van der Waals surface area contributed by atoms with Gasteiger partial charge in [-0.3, -0.25) is 4.79 Å². The van der Waals surface area contributed by atoms with Crippen LogP contribution in [-0.4, -0.2) is 23.7 Å². The molecule has 0 aromatic heterocycles. The molecule has 0 radical (unpaired) electrons. The van der Waals surface area contributed by atoms with E-state index in [1.54, 1.807) is 0 Å². The third kappa shape index (κ3) is 3.66. The van der Waals surface area contributed by atoms with Gasteiger partial charge >= 0.3 is 5.97 Å². The quantitative estimate of drug-likeness (QED) is 0.712. The van der Waals surface area contributed by atoms with Gasteiger partial charge in [0.1, 0.15) is 6.04 Å². The Kier molecular flexibility index (Phi) is 4.94. The molecule has 1 saturated carbocycles. The van der Waals surface area contributed by atoms with E-state index in [0.29, 0.717) is 5.92 Å². The lowest BCUT2D eigenvalue weighted by Gasteiger charge is -2.24. The number of likely N-dealkylation sites (N-methyl/N-ethyl adjacent to an activating group) is 1. The topological polar surface area (TPSA) is 49.3 Å². The lowest BCUT2D eigenvalue weighted by molar-refractivity contribution is -0.140. The summed E-state index contributed by atoms with van der Waals surface area (Å²) in [6.07, 6.45) is 7.13. The van der Waals surface area contributed by atoms with Gasteiger partial charge in [-0.05, 0) is 18.9 Å². The van der Waals surface area contributed by atoms with Gasteiger partial charge in [0.15, 0.2) is 0 Å². The first kappa shape index (κ1) is 11.5. The van der Waals surface area contributed by atoms with Crippen molar-refractivity contribution in [1.82, 2.24) is 5.32 Å². The summed E-state index contributed by atoms with van der Waals surface area (Å²) in [5.74, 6) is -0.0682. The van der Waals surface area contributed by atoms with Crippen LogP contribution in [-0.2, 0) is 4.79 Å². The fourth-order valence-electron chi connectivity index (χ4n) is 2.27. The number of rotatable bonds is 5. The molecule has 0 bridgehead atoms. The van der Waals surface area contributed by atoms with Crippen molar-refractivity contribution in [3.05, 3.63) is 0 Å². The summed E-state index contributed by atoms with van der Waals surface area (Å²) in [6.45, 7) is 2.69. The van der Waals surface area contributed by atoms with Crippen molar-refractivity contribution in [3.63, 3.8) is 0 Å². The number of carboxylic acid groups (broad SMARTS) is 1. The molecule has 1 atom stereocenters. The second kappa shape index (κ2) is 6.02. The van der Waals surface area contributed by atoms with Gasteiger partial charge in [-0.1, -0.05) is 39.0 Å². The van der Waals surface area contributed by atoms with Crippen LogP contribution in [0.5, 0.6) is 0 Å². The molecule has 1 rings (SSSR count). The minimum Gasteiger partial charge on any atom is -0.480 e. The highest BCUT2D eigenvalue weighted by Gasteiger charge is 2.22. The third-order valence-electron chi connectivity index (χ3n) is 3.04. The first-order valence-corrected chi connectivity index (χ1v) is 5.70. The fourth-order valence-corrected chi connectivity index (χ4v) is 2.27. The van der Waals surface area contributed by atoms with E-state index in [1.807, 2.05) is 6.92 Å². The largest absolute Gasteiger partial charge is 0.480 e. The van der Waals surface area contributed by atoms with Crippen LogP contribution in [0.3, 0.4) is 0 Å². The second-order valence-corrected chi connectivity index (χ2v) is 4.19. The number of aliphatic carboxylic acids is 1. The highest BCUT2D eigenvalue weighted by Crippen LogP contribution is 2.27. The highest BCUT2D eigenvalue weighted by molar-refractivity contribution is 5.73. The van der Waals surface area contributed by atoms with Crippen molar-refractivity contribution < 1.29 is 9.90 Å². The molecule has 0 spiro atoms. The van der Waals surface area contributed by atoms with Crippen LogP contribution in [0.4, 0.5) is 0 Å². The Morgan fingerprint density at radius 1 is 1.43 bits per heavy atom.